The Labute approximate surface area is 164 Å². The highest BCUT2D eigenvalue weighted by Gasteiger charge is 2.30. The Morgan fingerprint density at radius 1 is 1.03 bits per heavy atom. The van der Waals surface area contributed by atoms with Crippen molar-refractivity contribution in [1.82, 2.24) is 5.32 Å². The van der Waals surface area contributed by atoms with Crippen LogP contribution in [0.5, 0.6) is 0 Å². The molecular weight excluding hydrogens is 389 g/mol. The molecule has 0 saturated carbocycles. The van der Waals surface area contributed by atoms with E-state index in [-0.39, 0.29) is 11.4 Å². The Morgan fingerprint density at radius 2 is 1.72 bits per heavy atom. The predicted octanol–water partition coefficient (Wildman–Crippen LogP) is 3.36. The minimum atomic E-state index is -4.55. The largest absolute Gasteiger partial charge is 0.451 e. The van der Waals surface area contributed by atoms with Crippen molar-refractivity contribution in [3.8, 4) is 0 Å². The van der Waals surface area contributed by atoms with Crippen molar-refractivity contribution in [2.45, 2.75) is 13.1 Å². The van der Waals surface area contributed by atoms with Crippen molar-refractivity contribution in [1.29, 1.82) is 0 Å². The second kappa shape index (κ2) is 9.54. The van der Waals surface area contributed by atoms with E-state index in [1.54, 1.807) is 30.3 Å². The van der Waals surface area contributed by atoms with Crippen LogP contribution in [-0.4, -0.2) is 24.4 Å². The summed E-state index contributed by atoms with van der Waals surface area (Å²) >= 11 is 0. The highest BCUT2D eigenvalue weighted by atomic mass is 19.4. The van der Waals surface area contributed by atoms with Crippen LogP contribution in [0, 0.1) is 0 Å². The minimum absolute atomic E-state index is 0.0946. The number of benzene rings is 2. The number of ether oxygens (including phenoxy) is 1. The Morgan fingerprint density at radius 3 is 2.34 bits per heavy atom. The van der Waals surface area contributed by atoms with Crippen LogP contribution in [0.15, 0.2) is 60.3 Å². The van der Waals surface area contributed by atoms with Gasteiger partial charge < -0.3 is 15.4 Å². The van der Waals surface area contributed by atoms with Crippen molar-refractivity contribution in [3.05, 3.63) is 71.4 Å². The lowest BCUT2D eigenvalue weighted by molar-refractivity contribution is -0.144. The first-order chi connectivity index (χ1) is 13.6. The summed E-state index contributed by atoms with van der Waals surface area (Å²) in [6.07, 6.45) is -3.18. The molecule has 2 aromatic rings. The van der Waals surface area contributed by atoms with Crippen LogP contribution in [0.4, 0.5) is 18.9 Å². The van der Waals surface area contributed by atoms with Gasteiger partial charge in [0.15, 0.2) is 6.61 Å². The fourth-order valence-electron chi connectivity index (χ4n) is 2.23. The average molecular weight is 406 g/mol. The van der Waals surface area contributed by atoms with E-state index in [2.05, 4.69) is 10.6 Å². The fourth-order valence-corrected chi connectivity index (χ4v) is 2.23. The highest BCUT2D eigenvalue weighted by molar-refractivity contribution is 5.99. The van der Waals surface area contributed by atoms with Gasteiger partial charge in [-0.2, -0.15) is 13.2 Å². The number of esters is 1. The van der Waals surface area contributed by atoms with E-state index in [0.29, 0.717) is 5.56 Å². The molecule has 0 aliphatic rings. The number of anilines is 1. The third-order valence-electron chi connectivity index (χ3n) is 3.45. The molecule has 0 aliphatic carbocycles. The highest BCUT2D eigenvalue weighted by Crippen LogP contribution is 2.30. The average Bonchev–Trinajstić information content (AvgIpc) is 2.65. The van der Waals surface area contributed by atoms with Crippen molar-refractivity contribution in [2.75, 3.05) is 11.9 Å². The molecule has 0 saturated heterocycles. The van der Waals surface area contributed by atoms with Crippen molar-refractivity contribution >= 4 is 29.5 Å². The smallest absolute Gasteiger partial charge is 0.416 e. The topological polar surface area (TPSA) is 84.5 Å². The molecule has 2 aromatic carbocycles. The number of amides is 2. The van der Waals surface area contributed by atoms with Crippen molar-refractivity contribution in [2.24, 2.45) is 0 Å². The van der Waals surface area contributed by atoms with Gasteiger partial charge in [0.1, 0.15) is 5.70 Å². The lowest BCUT2D eigenvalue weighted by atomic mass is 10.2. The molecule has 6 nitrogen and oxygen atoms in total. The van der Waals surface area contributed by atoms with Gasteiger partial charge in [0, 0.05) is 12.6 Å². The molecule has 29 heavy (non-hydrogen) atoms. The molecule has 0 aromatic heterocycles. The van der Waals surface area contributed by atoms with E-state index in [1.165, 1.54) is 19.1 Å². The molecule has 0 radical (unpaired) electrons. The monoisotopic (exact) mass is 406 g/mol. The molecule has 0 heterocycles. The summed E-state index contributed by atoms with van der Waals surface area (Å²) in [5, 5.41) is 4.53. The molecule has 0 atom stereocenters. The molecule has 152 valence electrons. The van der Waals surface area contributed by atoms with Gasteiger partial charge >= 0.3 is 12.1 Å². The van der Waals surface area contributed by atoms with Gasteiger partial charge in [0.2, 0.25) is 5.91 Å². The quantitative estimate of drug-likeness (QED) is 0.569. The van der Waals surface area contributed by atoms with Crippen LogP contribution in [-0.2, 0) is 25.3 Å². The molecule has 0 unspecified atom stereocenters. The van der Waals surface area contributed by atoms with Crippen LogP contribution >= 0.6 is 0 Å². The van der Waals surface area contributed by atoms with Crippen molar-refractivity contribution in [3.63, 3.8) is 0 Å². The summed E-state index contributed by atoms with van der Waals surface area (Å²) in [4.78, 5) is 35.4. The lowest BCUT2D eigenvalue weighted by Gasteiger charge is -2.11. The molecule has 2 N–H and O–H groups in total. The number of carbonyl (C=O) groups is 3. The number of alkyl halides is 3. The molecule has 0 bridgehead atoms. The fraction of sp³-hybridized carbons (Fsp3) is 0.150. The first-order valence-corrected chi connectivity index (χ1v) is 8.34. The molecule has 0 fully saturated rings. The van der Waals surface area contributed by atoms with E-state index in [1.807, 2.05) is 0 Å². The molecule has 2 rings (SSSR count). The van der Waals surface area contributed by atoms with Crippen LogP contribution in [0.2, 0.25) is 0 Å². The van der Waals surface area contributed by atoms with Crippen LogP contribution in [0.25, 0.3) is 6.08 Å². The lowest BCUT2D eigenvalue weighted by Crippen LogP contribution is -2.28. The summed E-state index contributed by atoms with van der Waals surface area (Å²) in [6.45, 7) is 0.452. The standard InChI is InChI=1S/C20H17F3N2O4/c1-13(26)24-17(10-14-6-3-2-4-7-14)19(28)29-12-18(27)25-16-9-5-8-15(11-16)20(21,22)23/h2-11H,12H2,1H3,(H,24,26)(H,25,27)/b17-10-. The van der Waals surface area contributed by atoms with Gasteiger partial charge in [0.05, 0.1) is 5.56 Å². The Hall–Kier alpha value is -3.62. The van der Waals surface area contributed by atoms with E-state index < -0.39 is 36.1 Å². The Bertz CT molecular complexity index is 925. The SMILES string of the molecule is CC(=O)N/C(=C\c1ccccc1)C(=O)OCC(=O)Nc1cccc(C(F)(F)F)c1. The third-order valence-corrected chi connectivity index (χ3v) is 3.45. The summed E-state index contributed by atoms with van der Waals surface area (Å²) in [5.74, 6) is -2.32. The van der Waals surface area contributed by atoms with Gasteiger partial charge in [-0.05, 0) is 29.8 Å². The predicted molar refractivity (Wildman–Crippen MR) is 99.3 cm³/mol. The maximum atomic E-state index is 12.7. The molecule has 0 spiro atoms. The van der Waals surface area contributed by atoms with E-state index in [4.69, 9.17) is 4.74 Å². The maximum absolute atomic E-state index is 12.7. The van der Waals surface area contributed by atoms with Gasteiger partial charge in [-0.15, -0.1) is 0 Å². The summed E-state index contributed by atoms with van der Waals surface area (Å²) < 4.78 is 43.0. The van der Waals surface area contributed by atoms with Crippen LogP contribution in [0.3, 0.4) is 0 Å². The van der Waals surface area contributed by atoms with E-state index >= 15 is 0 Å². The number of hydrogen-bond donors (Lipinski definition) is 2. The number of nitrogens with one attached hydrogen (secondary N) is 2. The summed E-state index contributed by atoms with van der Waals surface area (Å²) in [7, 11) is 0. The van der Waals surface area contributed by atoms with Crippen molar-refractivity contribution < 1.29 is 32.3 Å². The molecule has 9 heteroatoms. The Kier molecular flexibility index (Phi) is 7.13. The number of hydrogen-bond acceptors (Lipinski definition) is 4. The van der Waals surface area contributed by atoms with E-state index in [0.717, 1.165) is 18.2 Å². The Balaban J connectivity index is 2.01. The van der Waals surface area contributed by atoms with E-state index in [9.17, 15) is 27.6 Å². The van der Waals surface area contributed by atoms with Gasteiger partial charge in [-0.1, -0.05) is 36.4 Å². The number of rotatable bonds is 6. The van der Waals surface area contributed by atoms with Crippen LogP contribution in [0.1, 0.15) is 18.1 Å². The molecule has 0 aliphatic heterocycles. The maximum Gasteiger partial charge on any atom is 0.416 e. The second-order valence-corrected chi connectivity index (χ2v) is 5.85. The molecular formula is C20H17F3N2O4. The zero-order chi connectivity index (χ0) is 21.4. The zero-order valence-electron chi connectivity index (χ0n) is 15.2. The van der Waals surface area contributed by atoms with Gasteiger partial charge in [0.25, 0.3) is 5.91 Å². The van der Waals surface area contributed by atoms with Gasteiger partial charge in [-0.25, -0.2) is 4.79 Å². The molecule has 2 amide bonds. The number of carbonyl (C=O) groups excluding carboxylic acids is 3. The van der Waals surface area contributed by atoms with Gasteiger partial charge in [-0.3, -0.25) is 9.59 Å². The summed E-state index contributed by atoms with van der Waals surface area (Å²) in [5.41, 5.74) is -0.592. The second-order valence-electron chi connectivity index (χ2n) is 5.85. The zero-order valence-corrected chi connectivity index (χ0v) is 15.2. The normalized spacial score (nSPS) is 11.5. The first-order valence-electron chi connectivity index (χ1n) is 8.34. The summed E-state index contributed by atoms with van der Waals surface area (Å²) in [6, 6.07) is 12.6. The first kappa shape index (κ1) is 21.7. The van der Waals surface area contributed by atoms with Crippen LogP contribution < -0.4 is 10.6 Å². The third kappa shape index (κ3) is 7.13. The minimum Gasteiger partial charge on any atom is -0.451 e. The number of halogens is 3.